The van der Waals surface area contributed by atoms with Crippen molar-refractivity contribution >= 4 is 0 Å². The fourth-order valence-electron chi connectivity index (χ4n) is 7.25. The lowest BCUT2D eigenvalue weighted by Gasteiger charge is -2.54. The second kappa shape index (κ2) is 7.37. The van der Waals surface area contributed by atoms with Gasteiger partial charge < -0.3 is 5.11 Å². The maximum absolute atomic E-state index is 10.4. The highest BCUT2D eigenvalue weighted by atomic mass is 16.3. The van der Waals surface area contributed by atoms with Crippen molar-refractivity contribution in [1.82, 2.24) is 0 Å². The molecule has 0 aromatic rings. The Labute approximate surface area is 156 Å². The van der Waals surface area contributed by atoms with Gasteiger partial charge in [0.1, 0.15) is 0 Å². The Bertz CT molecular complexity index is 490. The lowest BCUT2D eigenvalue weighted by molar-refractivity contribution is -0.0333. The van der Waals surface area contributed by atoms with Gasteiger partial charge in [-0.15, -0.1) is 0 Å². The van der Waals surface area contributed by atoms with Crippen LogP contribution in [0, 0.1) is 35.0 Å². The molecule has 0 bridgehead atoms. The number of allylic oxidation sites excluding steroid dienone is 1. The molecular weight excluding hydrogens is 304 g/mol. The molecule has 7 atom stereocenters. The summed E-state index contributed by atoms with van der Waals surface area (Å²) in [7, 11) is 0. The summed E-state index contributed by atoms with van der Waals surface area (Å²) in [6, 6.07) is 0. The van der Waals surface area contributed by atoms with Gasteiger partial charge in [-0.1, -0.05) is 52.2 Å². The maximum Gasteiger partial charge on any atom is 0.0657 e. The Morgan fingerprint density at radius 3 is 2.40 bits per heavy atom. The zero-order valence-electron chi connectivity index (χ0n) is 17.5. The minimum Gasteiger partial charge on any atom is -0.390 e. The maximum atomic E-state index is 10.4. The van der Waals surface area contributed by atoms with Crippen molar-refractivity contribution in [2.75, 3.05) is 0 Å². The van der Waals surface area contributed by atoms with Gasteiger partial charge in [-0.05, 0) is 93.3 Å². The van der Waals surface area contributed by atoms with Crippen molar-refractivity contribution in [1.29, 1.82) is 0 Å². The fourth-order valence-corrected chi connectivity index (χ4v) is 7.25. The van der Waals surface area contributed by atoms with E-state index in [4.69, 9.17) is 0 Å². The predicted octanol–water partition coefficient (Wildman–Crippen LogP) is 6.75. The van der Waals surface area contributed by atoms with Gasteiger partial charge in [0.2, 0.25) is 0 Å². The molecule has 5 unspecified atom stereocenters. The van der Waals surface area contributed by atoms with E-state index in [-0.39, 0.29) is 0 Å². The van der Waals surface area contributed by atoms with E-state index in [1.165, 1.54) is 51.4 Å². The van der Waals surface area contributed by atoms with E-state index < -0.39 is 5.60 Å². The van der Waals surface area contributed by atoms with Crippen LogP contribution in [-0.2, 0) is 0 Å². The summed E-state index contributed by atoms with van der Waals surface area (Å²) in [4.78, 5) is 0. The van der Waals surface area contributed by atoms with Crippen LogP contribution in [0.1, 0.15) is 98.8 Å². The first-order chi connectivity index (χ1) is 11.9. The molecule has 4 aliphatic rings. The molecule has 3 saturated carbocycles. The molecule has 0 aromatic carbocycles. The van der Waals surface area contributed by atoms with E-state index >= 15 is 0 Å². The smallest absolute Gasteiger partial charge is 0.0657 e. The molecular formula is C24H42O. The number of hydrogen-bond acceptors (Lipinski definition) is 1. The van der Waals surface area contributed by atoms with Gasteiger partial charge in [0.25, 0.3) is 0 Å². The lowest BCUT2D eigenvalue weighted by atomic mass is 9.51. The molecule has 0 radical (unpaired) electrons. The Balaban J connectivity index is 0.000000569. The third kappa shape index (κ3) is 3.47. The lowest BCUT2D eigenvalue weighted by Crippen LogP contribution is -2.47. The van der Waals surface area contributed by atoms with Gasteiger partial charge in [-0.3, -0.25) is 0 Å². The molecule has 1 N–H and O–H groups in total. The zero-order chi connectivity index (χ0) is 18.2. The summed E-state index contributed by atoms with van der Waals surface area (Å²) in [5, 5.41) is 10.4. The van der Waals surface area contributed by atoms with Gasteiger partial charge >= 0.3 is 0 Å². The summed E-state index contributed by atoms with van der Waals surface area (Å²) in [5.41, 5.74) is 1.83. The number of aliphatic hydroxyl groups is 1. The van der Waals surface area contributed by atoms with Crippen LogP contribution in [0.2, 0.25) is 0 Å². The first-order valence-electron chi connectivity index (χ1n) is 11.3. The van der Waals surface area contributed by atoms with Crippen molar-refractivity contribution in [3.8, 4) is 0 Å². The SMILES string of the molecule is CCC.CC[C@H]1CCC2C3CC=C4C[C@@](C)(O)CCC4C3CCC21C. The molecule has 1 heteroatoms. The molecule has 0 spiro atoms. The van der Waals surface area contributed by atoms with E-state index in [1.54, 1.807) is 5.57 Å². The van der Waals surface area contributed by atoms with E-state index in [0.29, 0.717) is 5.41 Å². The fraction of sp³-hybridized carbons (Fsp3) is 0.917. The largest absolute Gasteiger partial charge is 0.390 e. The zero-order valence-corrected chi connectivity index (χ0v) is 17.5. The number of hydrogen-bond donors (Lipinski definition) is 1. The summed E-state index contributed by atoms with van der Waals surface area (Å²) in [6.45, 7) is 11.3. The molecule has 1 nitrogen and oxygen atoms in total. The molecule has 0 heterocycles. The molecule has 4 aliphatic carbocycles. The Morgan fingerprint density at radius 2 is 1.72 bits per heavy atom. The molecule has 0 saturated heterocycles. The van der Waals surface area contributed by atoms with Crippen molar-refractivity contribution in [3.63, 3.8) is 0 Å². The van der Waals surface area contributed by atoms with Crippen molar-refractivity contribution in [2.24, 2.45) is 35.0 Å². The normalized spacial score (nSPS) is 48.4. The van der Waals surface area contributed by atoms with Gasteiger partial charge in [-0.2, -0.15) is 0 Å². The second-order valence-corrected chi connectivity index (χ2v) is 10.2. The molecule has 25 heavy (non-hydrogen) atoms. The highest BCUT2D eigenvalue weighted by molar-refractivity contribution is 5.21. The standard InChI is InChI=1S/C21H34O.C3H8/c1-4-15-6-8-19-18-7-5-14-13-20(2,22)11-9-16(14)17(18)10-12-21(15,19)3;1-3-2/h5,15-19,22H,4,6-13H2,1-3H3;3H2,1-2H3/t15-,16?,17?,18?,19?,20-,21?;/m0./s1. The summed E-state index contributed by atoms with van der Waals surface area (Å²) < 4.78 is 0. The van der Waals surface area contributed by atoms with Gasteiger partial charge in [0.15, 0.2) is 0 Å². The highest BCUT2D eigenvalue weighted by Gasteiger charge is 2.55. The monoisotopic (exact) mass is 346 g/mol. The second-order valence-electron chi connectivity index (χ2n) is 10.2. The van der Waals surface area contributed by atoms with Crippen molar-refractivity contribution in [2.45, 2.75) is 104 Å². The molecule has 0 amide bonds. The molecule has 4 rings (SSSR count). The molecule has 144 valence electrons. The van der Waals surface area contributed by atoms with E-state index in [2.05, 4.69) is 33.8 Å². The summed E-state index contributed by atoms with van der Waals surface area (Å²) in [6.07, 6.45) is 15.6. The molecule has 0 aliphatic heterocycles. The average molecular weight is 347 g/mol. The first kappa shape index (κ1) is 19.5. The van der Waals surface area contributed by atoms with Crippen LogP contribution < -0.4 is 0 Å². The third-order valence-electron chi connectivity index (χ3n) is 8.41. The molecule has 0 aromatic heterocycles. The third-order valence-corrected chi connectivity index (χ3v) is 8.41. The predicted molar refractivity (Wildman–Crippen MR) is 107 cm³/mol. The van der Waals surface area contributed by atoms with E-state index in [0.717, 1.165) is 42.4 Å². The van der Waals surface area contributed by atoms with Crippen LogP contribution in [0.3, 0.4) is 0 Å². The van der Waals surface area contributed by atoms with E-state index in [9.17, 15) is 5.11 Å². The quantitative estimate of drug-likeness (QED) is 0.520. The topological polar surface area (TPSA) is 20.2 Å². The van der Waals surface area contributed by atoms with Gasteiger partial charge in [-0.25, -0.2) is 0 Å². The minimum atomic E-state index is -0.432. The van der Waals surface area contributed by atoms with Gasteiger partial charge in [0.05, 0.1) is 5.60 Å². The summed E-state index contributed by atoms with van der Waals surface area (Å²) in [5.74, 6) is 4.66. The van der Waals surface area contributed by atoms with Crippen LogP contribution >= 0.6 is 0 Å². The Hall–Kier alpha value is -0.300. The van der Waals surface area contributed by atoms with Crippen molar-refractivity contribution < 1.29 is 5.11 Å². The van der Waals surface area contributed by atoms with Crippen LogP contribution in [0.4, 0.5) is 0 Å². The van der Waals surface area contributed by atoms with E-state index in [1.807, 2.05) is 6.92 Å². The highest BCUT2D eigenvalue weighted by Crippen LogP contribution is 2.64. The summed E-state index contributed by atoms with van der Waals surface area (Å²) >= 11 is 0. The van der Waals surface area contributed by atoms with Gasteiger partial charge in [0, 0.05) is 0 Å². The van der Waals surface area contributed by atoms with Crippen LogP contribution in [0.5, 0.6) is 0 Å². The van der Waals surface area contributed by atoms with Crippen LogP contribution in [-0.4, -0.2) is 10.7 Å². The average Bonchev–Trinajstić information content (AvgIpc) is 2.90. The van der Waals surface area contributed by atoms with Crippen molar-refractivity contribution in [3.05, 3.63) is 11.6 Å². The number of fused-ring (bicyclic) bond motifs is 5. The first-order valence-corrected chi connectivity index (χ1v) is 11.3. The number of rotatable bonds is 1. The minimum absolute atomic E-state index is 0.432. The van der Waals surface area contributed by atoms with Crippen LogP contribution in [0.25, 0.3) is 0 Å². The van der Waals surface area contributed by atoms with Crippen LogP contribution in [0.15, 0.2) is 11.6 Å². The Morgan fingerprint density at radius 1 is 1.00 bits per heavy atom. The molecule has 3 fully saturated rings. The Kier molecular flexibility index (Phi) is 5.74.